The van der Waals surface area contributed by atoms with Gasteiger partial charge in [-0.05, 0) is 37.5 Å². The van der Waals surface area contributed by atoms with E-state index in [-0.39, 0.29) is 18.5 Å². The van der Waals surface area contributed by atoms with E-state index in [0.717, 1.165) is 50.4 Å². The molecule has 2 rings (SSSR count). The first-order valence-electron chi connectivity index (χ1n) is 9.80. The van der Waals surface area contributed by atoms with Gasteiger partial charge in [-0.3, -0.25) is 4.99 Å². The Morgan fingerprint density at radius 1 is 1.21 bits per heavy atom. The Morgan fingerprint density at radius 2 is 1.97 bits per heavy atom. The summed E-state index contributed by atoms with van der Waals surface area (Å²) in [6, 6.07) is 4.89. The number of likely N-dealkylation sites (tertiary alicyclic amines) is 1. The lowest BCUT2D eigenvalue weighted by molar-refractivity contribution is -0.137. The summed E-state index contributed by atoms with van der Waals surface area (Å²) in [5, 5.41) is 3.20. The second kappa shape index (κ2) is 11.9. The van der Waals surface area contributed by atoms with Crippen molar-refractivity contribution in [3.05, 3.63) is 29.8 Å². The molecular formula is C20H30F3N3O3. The fourth-order valence-corrected chi connectivity index (χ4v) is 3.11. The van der Waals surface area contributed by atoms with Crippen molar-refractivity contribution in [3.8, 4) is 5.75 Å². The Balaban J connectivity index is 1.68. The third-order valence-electron chi connectivity index (χ3n) is 4.61. The van der Waals surface area contributed by atoms with Crippen LogP contribution < -0.4 is 10.1 Å². The van der Waals surface area contributed by atoms with Gasteiger partial charge in [-0.1, -0.05) is 6.07 Å². The van der Waals surface area contributed by atoms with E-state index in [4.69, 9.17) is 14.2 Å². The summed E-state index contributed by atoms with van der Waals surface area (Å²) in [5.41, 5.74) is -0.717. The first-order chi connectivity index (χ1) is 13.9. The largest absolute Gasteiger partial charge is 0.492 e. The topological polar surface area (TPSA) is 55.3 Å². The van der Waals surface area contributed by atoms with Gasteiger partial charge in [0.1, 0.15) is 12.4 Å². The number of benzene rings is 1. The Kier molecular flexibility index (Phi) is 9.53. The summed E-state index contributed by atoms with van der Waals surface area (Å²) < 4.78 is 54.5. The summed E-state index contributed by atoms with van der Waals surface area (Å²) in [6.45, 7) is 3.76. The number of guanidine groups is 1. The van der Waals surface area contributed by atoms with Crippen molar-refractivity contribution >= 4 is 5.96 Å². The molecule has 1 aromatic rings. The number of rotatable bonds is 9. The average Bonchev–Trinajstić information content (AvgIpc) is 2.71. The highest BCUT2D eigenvalue weighted by Gasteiger charge is 2.30. The first kappa shape index (κ1) is 23.3. The van der Waals surface area contributed by atoms with E-state index in [1.54, 1.807) is 14.2 Å². The van der Waals surface area contributed by atoms with Crippen molar-refractivity contribution in [1.29, 1.82) is 0 Å². The van der Waals surface area contributed by atoms with Gasteiger partial charge in [0.25, 0.3) is 0 Å². The molecule has 0 unspecified atom stereocenters. The molecule has 1 N–H and O–H groups in total. The van der Waals surface area contributed by atoms with Gasteiger partial charge in [0, 0.05) is 40.5 Å². The van der Waals surface area contributed by atoms with Gasteiger partial charge in [0.05, 0.1) is 18.2 Å². The number of hydrogen-bond donors (Lipinski definition) is 1. The van der Waals surface area contributed by atoms with Gasteiger partial charge in [0.15, 0.2) is 5.96 Å². The second-order valence-electron chi connectivity index (χ2n) is 6.75. The molecule has 1 aliphatic rings. The quantitative estimate of drug-likeness (QED) is 0.380. The highest BCUT2D eigenvalue weighted by atomic mass is 19.4. The highest BCUT2D eigenvalue weighted by molar-refractivity contribution is 5.79. The molecule has 0 bridgehead atoms. The molecular weight excluding hydrogens is 387 g/mol. The molecule has 0 aromatic heterocycles. The van der Waals surface area contributed by atoms with E-state index in [1.165, 1.54) is 12.1 Å². The monoisotopic (exact) mass is 417 g/mol. The third-order valence-corrected chi connectivity index (χ3v) is 4.61. The fourth-order valence-electron chi connectivity index (χ4n) is 3.11. The Hall–Kier alpha value is -2.00. The second-order valence-corrected chi connectivity index (χ2v) is 6.75. The molecule has 1 aromatic carbocycles. The number of methoxy groups -OCH3 is 1. The van der Waals surface area contributed by atoms with Gasteiger partial charge in [-0.15, -0.1) is 0 Å². The Morgan fingerprint density at radius 3 is 2.62 bits per heavy atom. The minimum absolute atomic E-state index is 0.197. The number of nitrogens with one attached hydrogen (secondary N) is 1. The van der Waals surface area contributed by atoms with Crippen LogP contribution in [0.2, 0.25) is 0 Å². The first-order valence-corrected chi connectivity index (χ1v) is 9.80. The van der Waals surface area contributed by atoms with Gasteiger partial charge < -0.3 is 24.4 Å². The normalized spacial score (nSPS) is 16.2. The number of aliphatic imine (C=N–C) groups is 1. The highest BCUT2D eigenvalue weighted by Crippen LogP contribution is 2.31. The van der Waals surface area contributed by atoms with Crippen molar-refractivity contribution in [3.63, 3.8) is 0 Å². The van der Waals surface area contributed by atoms with Gasteiger partial charge in [0.2, 0.25) is 0 Å². The lowest BCUT2D eigenvalue weighted by Crippen LogP contribution is -2.47. The van der Waals surface area contributed by atoms with Crippen molar-refractivity contribution in [1.82, 2.24) is 10.2 Å². The van der Waals surface area contributed by atoms with E-state index in [0.29, 0.717) is 19.8 Å². The number of hydrogen-bond acceptors (Lipinski definition) is 4. The SMILES string of the molecule is CN=C(NCCOc1cccc(C(F)(F)F)c1)N1CCC(OCCCOC)CC1. The van der Waals surface area contributed by atoms with E-state index < -0.39 is 11.7 Å². The van der Waals surface area contributed by atoms with Gasteiger partial charge >= 0.3 is 6.18 Å². The maximum Gasteiger partial charge on any atom is 0.416 e. The van der Waals surface area contributed by atoms with Gasteiger partial charge in [-0.2, -0.15) is 13.2 Å². The van der Waals surface area contributed by atoms with Crippen LogP contribution in [-0.2, 0) is 15.7 Å². The van der Waals surface area contributed by atoms with Crippen LogP contribution in [0.3, 0.4) is 0 Å². The minimum Gasteiger partial charge on any atom is -0.492 e. The zero-order valence-electron chi connectivity index (χ0n) is 17.0. The maximum atomic E-state index is 12.7. The van der Waals surface area contributed by atoms with Gasteiger partial charge in [-0.25, -0.2) is 0 Å². The summed E-state index contributed by atoms with van der Waals surface area (Å²) in [7, 11) is 3.39. The third kappa shape index (κ3) is 8.10. The molecule has 1 heterocycles. The molecule has 1 aliphatic heterocycles. The number of halogens is 3. The van der Waals surface area contributed by atoms with E-state index in [1.807, 2.05) is 0 Å². The summed E-state index contributed by atoms with van der Waals surface area (Å²) in [5.74, 6) is 0.957. The predicted octanol–water partition coefficient (Wildman–Crippen LogP) is 3.18. The summed E-state index contributed by atoms with van der Waals surface area (Å²) in [4.78, 5) is 6.44. The maximum absolute atomic E-state index is 12.7. The van der Waals surface area contributed by atoms with Crippen LogP contribution in [0.1, 0.15) is 24.8 Å². The molecule has 0 aliphatic carbocycles. The van der Waals surface area contributed by atoms with Crippen molar-refractivity contribution in [2.24, 2.45) is 4.99 Å². The molecule has 164 valence electrons. The van der Waals surface area contributed by atoms with Crippen LogP contribution in [0.15, 0.2) is 29.3 Å². The fraction of sp³-hybridized carbons (Fsp3) is 0.650. The van der Waals surface area contributed by atoms with E-state index in [2.05, 4.69) is 15.2 Å². The molecule has 0 saturated carbocycles. The Labute approximate surface area is 170 Å². The smallest absolute Gasteiger partial charge is 0.416 e. The average molecular weight is 417 g/mol. The lowest BCUT2D eigenvalue weighted by Gasteiger charge is -2.34. The molecule has 29 heavy (non-hydrogen) atoms. The molecule has 0 radical (unpaired) electrons. The van der Waals surface area contributed by atoms with Crippen LogP contribution in [0, 0.1) is 0 Å². The standard InChI is InChI=1S/C20H30F3N3O3/c1-24-19(26-10-7-17(8-11-26)28-13-4-12-27-2)25-9-14-29-18-6-3-5-16(15-18)20(21,22)23/h3,5-6,15,17H,4,7-14H2,1-2H3,(H,24,25). The van der Waals surface area contributed by atoms with Crippen LogP contribution in [0.5, 0.6) is 5.75 Å². The van der Waals surface area contributed by atoms with Crippen LogP contribution >= 0.6 is 0 Å². The minimum atomic E-state index is -4.38. The van der Waals surface area contributed by atoms with Crippen LogP contribution in [0.25, 0.3) is 0 Å². The molecule has 0 spiro atoms. The van der Waals surface area contributed by atoms with Crippen molar-refractivity contribution in [2.45, 2.75) is 31.5 Å². The number of ether oxygens (including phenoxy) is 3. The van der Waals surface area contributed by atoms with E-state index in [9.17, 15) is 13.2 Å². The zero-order valence-corrected chi connectivity index (χ0v) is 17.0. The van der Waals surface area contributed by atoms with E-state index >= 15 is 0 Å². The number of piperidine rings is 1. The zero-order chi connectivity index (χ0) is 21.1. The number of alkyl halides is 3. The predicted molar refractivity (Wildman–Crippen MR) is 105 cm³/mol. The lowest BCUT2D eigenvalue weighted by atomic mass is 10.1. The number of nitrogens with zero attached hydrogens (tertiary/aromatic N) is 2. The molecule has 9 heteroatoms. The summed E-state index contributed by atoms with van der Waals surface area (Å²) >= 11 is 0. The van der Waals surface area contributed by atoms with Crippen LogP contribution in [0.4, 0.5) is 13.2 Å². The van der Waals surface area contributed by atoms with Crippen LogP contribution in [-0.4, -0.2) is 70.6 Å². The summed E-state index contributed by atoms with van der Waals surface area (Å²) in [6.07, 6.45) is -1.38. The molecule has 0 atom stereocenters. The molecule has 1 saturated heterocycles. The molecule has 1 fully saturated rings. The Bertz CT molecular complexity index is 633. The van der Waals surface area contributed by atoms with Crippen molar-refractivity contribution in [2.75, 3.05) is 53.6 Å². The molecule has 0 amide bonds. The molecule has 6 nitrogen and oxygen atoms in total. The van der Waals surface area contributed by atoms with Crippen molar-refractivity contribution < 1.29 is 27.4 Å².